The number of benzene rings is 2. The van der Waals surface area contributed by atoms with E-state index in [4.69, 9.17) is 11.6 Å². The number of carbonyl (C=O) groups is 1. The van der Waals surface area contributed by atoms with E-state index < -0.39 is 10.7 Å². The van der Waals surface area contributed by atoms with Crippen LogP contribution in [0.4, 0.5) is 21.5 Å². The van der Waals surface area contributed by atoms with E-state index in [1.165, 1.54) is 31.2 Å². The van der Waals surface area contributed by atoms with Crippen molar-refractivity contribution in [3.8, 4) is 0 Å². The van der Waals surface area contributed by atoms with Crippen molar-refractivity contribution in [1.82, 2.24) is 0 Å². The molecule has 0 amide bonds. The molecule has 1 N–H and O–H groups in total. The molecule has 0 heterocycles. The highest BCUT2D eigenvalue weighted by Crippen LogP contribution is 2.31. The summed E-state index contributed by atoms with van der Waals surface area (Å²) in [6.07, 6.45) is 0. The number of nitrogens with one attached hydrogen (secondary N) is 1. The summed E-state index contributed by atoms with van der Waals surface area (Å²) in [5.41, 5.74) is -0.0202. The molecule has 0 aromatic heterocycles. The van der Waals surface area contributed by atoms with Crippen molar-refractivity contribution in [1.29, 1.82) is 0 Å². The number of nitro groups is 1. The van der Waals surface area contributed by atoms with E-state index >= 15 is 0 Å². The molecule has 0 bridgehead atoms. The predicted octanol–water partition coefficient (Wildman–Crippen LogP) is 4.33. The van der Waals surface area contributed by atoms with Crippen LogP contribution < -0.4 is 5.32 Å². The fourth-order valence-corrected chi connectivity index (χ4v) is 1.92. The molecule has 0 atom stereocenters. The number of carbonyl (C=O) groups excluding carboxylic acids is 1. The van der Waals surface area contributed by atoms with Crippen molar-refractivity contribution >= 4 is 34.4 Å². The van der Waals surface area contributed by atoms with Crippen LogP contribution >= 0.6 is 11.6 Å². The van der Waals surface area contributed by atoms with Crippen LogP contribution in [0.5, 0.6) is 0 Å². The van der Waals surface area contributed by atoms with Crippen molar-refractivity contribution in [3.63, 3.8) is 0 Å². The third-order valence-electron chi connectivity index (χ3n) is 2.80. The first kappa shape index (κ1) is 14.9. The fourth-order valence-electron chi connectivity index (χ4n) is 1.75. The molecule has 0 fully saturated rings. The van der Waals surface area contributed by atoms with Crippen LogP contribution in [0.25, 0.3) is 0 Å². The number of nitro benzene ring substituents is 1. The van der Waals surface area contributed by atoms with Crippen molar-refractivity contribution in [2.24, 2.45) is 0 Å². The van der Waals surface area contributed by atoms with Gasteiger partial charge in [0, 0.05) is 16.7 Å². The fraction of sp³-hybridized carbons (Fsp3) is 0.0714. The molecular formula is C14H10ClFN2O3. The molecule has 0 spiro atoms. The molecular weight excluding hydrogens is 299 g/mol. The second-order valence-electron chi connectivity index (χ2n) is 4.29. The summed E-state index contributed by atoms with van der Waals surface area (Å²) in [7, 11) is 0. The Hall–Kier alpha value is -2.47. The third kappa shape index (κ3) is 3.35. The predicted molar refractivity (Wildman–Crippen MR) is 77.8 cm³/mol. The number of hydrogen-bond donors (Lipinski definition) is 1. The molecule has 2 rings (SSSR count). The van der Waals surface area contributed by atoms with Crippen LogP contribution in [0.1, 0.15) is 17.3 Å². The molecule has 0 unspecified atom stereocenters. The second-order valence-corrected chi connectivity index (χ2v) is 4.73. The first-order valence-electron chi connectivity index (χ1n) is 5.90. The van der Waals surface area contributed by atoms with Crippen molar-refractivity contribution in [2.75, 3.05) is 5.32 Å². The molecule has 2 aromatic carbocycles. The Morgan fingerprint density at radius 1 is 1.24 bits per heavy atom. The van der Waals surface area contributed by atoms with E-state index in [9.17, 15) is 19.3 Å². The number of halogens is 2. The van der Waals surface area contributed by atoms with Gasteiger partial charge in [0.05, 0.1) is 10.6 Å². The normalized spacial score (nSPS) is 10.2. The zero-order chi connectivity index (χ0) is 15.6. The van der Waals surface area contributed by atoms with E-state index in [2.05, 4.69) is 5.32 Å². The first-order valence-corrected chi connectivity index (χ1v) is 6.27. The highest BCUT2D eigenvalue weighted by atomic mass is 35.5. The quantitative estimate of drug-likeness (QED) is 0.518. The summed E-state index contributed by atoms with van der Waals surface area (Å²) in [5, 5.41) is 14.0. The standard InChI is InChI=1S/C14H10ClFN2O3/c1-8(19)9-2-5-12(14(6-9)18(20)21)17-13-7-10(15)3-4-11(13)16/h2-7,17H,1H3. The van der Waals surface area contributed by atoms with Gasteiger partial charge in [-0.3, -0.25) is 14.9 Å². The maximum absolute atomic E-state index is 13.7. The Labute approximate surface area is 124 Å². The number of anilines is 2. The maximum atomic E-state index is 13.7. The molecule has 0 aliphatic heterocycles. The van der Waals surface area contributed by atoms with Crippen molar-refractivity contribution < 1.29 is 14.1 Å². The summed E-state index contributed by atoms with van der Waals surface area (Å²) in [4.78, 5) is 21.7. The summed E-state index contributed by atoms with van der Waals surface area (Å²) in [6.45, 7) is 1.31. The average Bonchev–Trinajstić information content (AvgIpc) is 2.42. The minimum atomic E-state index is -0.642. The first-order chi connectivity index (χ1) is 9.88. The average molecular weight is 309 g/mol. The Bertz CT molecular complexity index is 734. The Morgan fingerprint density at radius 3 is 2.57 bits per heavy atom. The summed E-state index contributed by atoms with van der Waals surface area (Å²) in [5.74, 6) is -0.886. The zero-order valence-electron chi connectivity index (χ0n) is 10.9. The number of Topliss-reactive ketones (excluding diaryl/α,β-unsaturated/α-hetero) is 1. The van der Waals surface area contributed by atoms with Gasteiger partial charge in [-0.05, 0) is 37.3 Å². The smallest absolute Gasteiger partial charge is 0.293 e. The molecule has 0 saturated carbocycles. The largest absolute Gasteiger partial charge is 0.347 e. The molecule has 5 nitrogen and oxygen atoms in total. The Kier molecular flexibility index (Phi) is 4.18. The molecule has 0 radical (unpaired) electrons. The molecule has 108 valence electrons. The minimum absolute atomic E-state index is 0.0150. The lowest BCUT2D eigenvalue weighted by molar-refractivity contribution is -0.383. The van der Waals surface area contributed by atoms with Gasteiger partial charge in [-0.25, -0.2) is 4.39 Å². The van der Waals surface area contributed by atoms with E-state index in [0.717, 1.165) is 12.1 Å². The minimum Gasteiger partial charge on any atom is -0.347 e. The molecule has 0 saturated heterocycles. The highest BCUT2D eigenvalue weighted by Gasteiger charge is 2.17. The lowest BCUT2D eigenvalue weighted by atomic mass is 10.1. The topological polar surface area (TPSA) is 72.2 Å². The SMILES string of the molecule is CC(=O)c1ccc(Nc2cc(Cl)ccc2F)c([N+](=O)[O-])c1. The number of hydrogen-bond acceptors (Lipinski definition) is 4. The molecule has 21 heavy (non-hydrogen) atoms. The van der Waals surface area contributed by atoms with Gasteiger partial charge in [-0.1, -0.05) is 11.6 Å². The molecule has 7 heteroatoms. The van der Waals surface area contributed by atoms with Crippen LogP contribution in [0.3, 0.4) is 0 Å². The van der Waals surface area contributed by atoms with Gasteiger partial charge in [-0.15, -0.1) is 0 Å². The summed E-state index contributed by atoms with van der Waals surface area (Å²) < 4.78 is 13.7. The Balaban J connectivity index is 2.46. The van der Waals surface area contributed by atoms with Crippen LogP contribution in [-0.4, -0.2) is 10.7 Å². The molecule has 0 aliphatic carbocycles. The summed E-state index contributed by atoms with van der Waals surface area (Å²) >= 11 is 5.77. The number of rotatable bonds is 4. The molecule has 2 aromatic rings. The second kappa shape index (κ2) is 5.88. The maximum Gasteiger partial charge on any atom is 0.293 e. The van der Waals surface area contributed by atoms with Crippen molar-refractivity contribution in [2.45, 2.75) is 6.92 Å². The monoisotopic (exact) mass is 308 g/mol. The lowest BCUT2D eigenvalue weighted by Crippen LogP contribution is -2.01. The van der Waals surface area contributed by atoms with Gasteiger partial charge in [0.2, 0.25) is 0 Å². The zero-order valence-corrected chi connectivity index (χ0v) is 11.6. The van der Waals surface area contributed by atoms with E-state index in [-0.39, 0.29) is 28.4 Å². The Morgan fingerprint density at radius 2 is 1.95 bits per heavy atom. The molecule has 0 aliphatic rings. The van der Waals surface area contributed by atoms with Crippen LogP contribution in [0.2, 0.25) is 5.02 Å². The van der Waals surface area contributed by atoms with Gasteiger partial charge < -0.3 is 5.32 Å². The van der Waals surface area contributed by atoms with Gasteiger partial charge in [0.1, 0.15) is 11.5 Å². The van der Waals surface area contributed by atoms with Gasteiger partial charge >= 0.3 is 0 Å². The van der Waals surface area contributed by atoms with Crippen LogP contribution in [0.15, 0.2) is 36.4 Å². The van der Waals surface area contributed by atoms with Crippen molar-refractivity contribution in [3.05, 3.63) is 62.9 Å². The highest BCUT2D eigenvalue weighted by molar-refractivity contribution is 6.30. The summed E-state index contributed by atoms with van der Waals surface area (Å²) in [6, 6.07) is 7.78. The van der Waals surface area contributed by atoms with E-state index in [1.54, 1.807) is 0 Å². The number of nitrogens with zero attached hydrogens (tertiary/aromatic N) is 1. The van der Waals surface area contributed by atoms with Crippen LogP contribution in [-0.2, 0) is 0 Å². The van der Waals surface area contributed by atoms with Gasteiger partial charge in [-0.2, -0.15) is 0 Å². The number of ketones is 1. The third-order valence-corrected chi connectivity index (χ3v) is 3.03. The van der Waals surface area contributed by atoms with E-state index in [1.807, 2.05) is 0 Å². The van der Waals surface area contributed by atoms with Crippen LogP contribution in [0, 0.1) is 15.9 Å². The van der Waals surface area contributed by atoms with Gasteiger partial charge in [0.25, 0.3) is 5.69 Å². The van der Waals surface area contributed by atoms with E-state index in [0.29, 0.717) is 5.02 Å². The van der Waals surface area contributed by atoms with Gasteiger partial charge in [0.15, 0.2) is 5.78 Å². The lowest BCUT2D eigenvalue weighted by Gasteiger charge is -2.09.